The van der Waals surface area contributed by atoms with Crippen molar-refractivity contribution in [2.45, 2.75) is 97.6 Å². The highest BCUT2D eigenvalue weighted by Gasteiger charge is 2.31. The van der Waals surface area contributed by atoms with Gasteiger partial charge in [-0.25, -0.2) is 0 Å². The van der Waals surface area contributed by atoms with Crippen LogP contribution in [0.3, 0.4) is 0 Å². The minimum atomic E-state index is -1.31. The van der Waals surface area contributed by atoms with Gasteiger partial charge in [0.05, 0.1) is 26.9 Å². The summed E-state index contributed by atoms with van der Waals surface area (Å²) < 4.78 is 17.6. The number of ketones is 1. The molecule has 2 atom stereocenters. The fraction of sp³-hybridized carbons (Fsp3) is 0.864. The molecule has 0 spiro atoms. The predicted octanol–water partition coefficient (Wildman–Crippen LogP) is 5.67. The van der Waals surface area contributed by atoms with Crippen LogP contribution in [0.2, 0.25) is 45.3 Å². The van der Waals surface area contributed by atoms with E-state index >= 15 is 0 Å². The van der Waals surface area contributed by atoms with Crippen LogP contribution in [0.25, 0.3) is 0 Å². The lowest BCUT2D eigenvalue weighted by Crippen LogP contribution is -2.36. The van der Waals surface area contributed by atoms with Gasteiger partial charge in [-0.05, 0) is 18.9 Å². The third-order valence-electron chi connectivity index (χ3n) is 4.72. The molecule has 0 aromatic heterocycles. The zero-order valence-electron chi connectivity index (χ0n) is 19.8. The van der Waals surface area contributed by atoms with Gasteiger partial charge in [0.15, 0.2) is 0 Å². The number of hydrogen-bond acceptors (Lipinski definition) is 4. The lowest BCUT2D eigenvalue weighted by molar-refractivity contribution is -0.137. The topological polar surface area (TPSA) is 44.8 Å². The van der Waals surface area contributed by atoms with Crippen molar-refractivity contribution in [2.24, 2.45) is 5.41 Å². The first-order chi connectivity index (χ1) is 12.7. The first-order valence-corrected chi connectivity index (χ1v) is 18.0. The van der Waals surface area contributed by atoms with E-state index in [0.29, 0.717) is 19.8 Å². The smallest absolute Gasteiger partial charge is 0.146 e. The average molecular weight is 429 g/mol. The fourth-order valence-electron chi connectivity index (χ4n) is 3.17. The summed E-state index contributed by atoms with van der Waals surface area (Å²) in [5.41, 5.74) is 3.59. The largest absolute Gasteiger partial charge is 0.371 e. The highest BCUT2D eigenvalue weighted by atomic mass is 28.3. The Morgan fingerprint density at radius 2 is 1.68 bits per heavy atom. The van der Waals surface area contributed by atoms with Crippen LogP contribution in [0.4, 0.5) is 0 Å². The van der Waals surface area contributed by atoms with Gasteiger partial charge in [-0.1, -0.05) is 71.3 Å². The van der Waals surface area contributed by atoms with E-state index in [4.69, 9.17) is 14.2 Å². The maximum absolute atomic E-state index is 12.5. The number of carbonyl (C=O) groups excluding carboxylic acids is 1. The molecular weight excluding hydrogens is 384 g/mol. The summed E-state index contributed by atoms with van der Waals surface area (Å²) in [6.45, 7) is 21.6. The summed E-state index contributed by atoms with van der Waals surface area (Å²) in [6.07, 6.45) is 2.23. The van der Waals surface area contributed by atoms with Gasteiger partial charge in [0, 0.05) is 26.5 Å². The van der Waals surface area contributed by atoms with Crippen LogP contribution in [0, 0.1) is 5.41 Å². The van der Waals surface area contributed by atoms with E-state index in [0.717, 1.165) is 25.5 Å². The van der Waals surface area contributed by atoms with Crippen molar-refractivity contribution < 1.29 is 19.0 Å². The number of Topliss-reactive ketones (excluding diaryl/α,β-unsaturated/α-hetero) is 1. The first kappa shape index (κ1) is 25.8. The lowest BCUT2D eigenvalue weighted by Gasteiger charge is -2.34. The van der Waals surface area contributed by atoms with Crippen LogP contribution in [0.15, 0.2) is 11.3 Å². The van der Waals surface area contributed by atoms with Crippen LogP contribution in [0.5, 0.6) is 0 Å². The van der Waals surface area contributed by atoms with Crippen molar-refractivity contribution >= 4 is 21.9 Å². The van der Waals surface area contributed by atoms with Gasteiger partial charge >= 0.3 is 0 Å². The molecule has 0 amide bonds. The third-order valence-corrected chi connectivity index (χ3v) is 7.70. The minimum absolute atomic E-state index is 0.00899. The van der Waals surface area contributed by atoms with Crippen molar-refractivity contribution in [2.75, 3.05) is 20.0 Å². The van der Waals surface area contributed by atoms with Crippen LogP contribution in [-0.4, -0.2) is 54.1 Å². The molecule has 0 saturated carbocycles. The summed E-state index contributed by atoms with van der Waals surface area (Å²) in [4.78, 5) is 12.5. The summed E-state index contributed by atoms with van der Waals surface area (Å²) in [6, 6.07) is 1.15. The predicted molar refractivity (Wildman–Crippen MR) is 123 cm³/mol. The second kappa shape index (κ2) is 10.7. The Hall–Kier alpha value is -0.276. The highest BCUT2D eigenvalue weighted by molar-refractivity contribution is 6.81. The Bertz CT molecular complexity index is 524. The van der Waals surface area contributed by atoms with E-state index in [2.05, 4.69) is 45.0 Å². The molecule has 1 aliphatic rings. The SMILES string of the molecule is CC(C)(C)C(=O)C[C@@H]1C/C(=C/[Si](C)(C)C)C[C@H](COCOCC[Si](C)(C)C)O1. The summed E-state index contributed by atoms with van der Waals surface area (Å²) in [5.74, 6) is 0.265. The van der Waals surface area contributed by atoms with Crippen molar-refractivity contribution in [3.05, 3.63) is 11.3 Å². The van der Waals surface area contributed by atoms with Crippen molar-refractivity contribution in [3.8, 4) is 0 Å². The molecule has 1 aliphatic heterocycles. The van der Waals surface area contributed by atoms with Crippen molar-refractivity contribution in [1.29, 1.82) is 0 Å². The molecule has 0 unspecified atom stereocenters. The van der Waals surface area contributed by atoms with E-state index in [1.54, 1.807) is 0 Å². The number of ether oxygens (including phenoxy) is 3. The average Bonchev–Trinajstić information content (AvgIpc) is 2.46. The van der Waals surface area contributed by atoms with Gasteiger partial charge in [-0.15, -0.1) is 0 Å². The number of hydrogen-bond donors (Lipinski definition) is 0. The zero-order valence-corrected chi connectivity index (χ0v) is 21.8. The molecule has 4 nitrogen and oxygen atoms in total. The zero-order chi connectivity index (χ0) is 21.6. The van der Waals surface area contributed by atoms with Crippen molar-refractivity contribution in [1.82, 2.24) is 0 Å². The van der Waals surface area contributed by atoms with Gasteiger partial charge in [0.1, 0.15) is 12.6 Å². The van der Waals surface area contributed by atoms with E-state index in [1.807, 2.05) is 20.8 Å². The van der Waals surface area contributed by atoms with Gasteiger partial charge in [-0.3, -0.25) is 4.79 Å². The van der Waals surface area contributed by atoms with Crippen LogP contribution in [0.1, 0.15) is 40.0 Å². The Morgan fingerprint density at radius 3 is 2.21 bits per heavy atom. The second-order valence-electron chi connectivity index (χ2n) is 11.5. The molecule has 164 valence electrons. The Morgan fingerprint density at radius 1 is 1.07 bits per heavy atom. The molecule has 1 heterocycles. The quantitative estimate of drug-likeness (QED) is 0.255. The second-order valence-corrected chi connectivity index (χ2v) is 22.2. The van der Waals surface area contributed by atoms with Gasteiger partial charge in [0.2, 0.25) is 0 Å². The molecule has 1 fully saturated rings. The van der Waals surface area contributed by atoms with Crippen LogP contribution >= 0.6 is 0 Å². The molecular formula is C22H44O4Si2. The number of rotatable bonds is 10. The molecule has 1 rings (SSSR count). The normalized spacial score (nSPS) is 23.2. The molecule has 0 bridgehead atoms. The fourth-order valence-corrected chi connectivity index (χ4v) is 5.39. The monoisotopic (exact) mass is 428 g/mol. The Kier molecular flexibility index (Phi) is 9.81. The minimum Gasteiger partial charge on any atom is -0.371 e. The van der Waals surface area contributed by atoms with Gasteiger partial charge in [-0.2, -0.15) is 0 Å². The van der Waals surface area contributed by atoms with Crippen molar-refractivity contribution in [3.63, 3.8) is 0 Å². The van der Waals surface area contributed by atoms with Crippen LogP contribution < -0.4 is 0 Å². The van der Waals surface area contributed by atoms with Gasteiger partial charge in [0.25, 0.3) is 0 Å². The van der Waals surface area contributed by atoms with E-state index in [-0.39, 0.29) is 23.4 Å². The standard InChI is InChI=1S/C22H44O4Si2/c1-22(2,3)21(23)14-19-12-18(16-28(7,8)9)13-20(26-19)15-25-17-24-10-11-27(4,5)6/h16,19-20H,10-15,17H2,1-9H3/b18-16-/t19-,20+/m0/s1. The maximum atomic E-state index is 12.5. The summed E-state index contributed by atoms with van der Waals surface area (Å²) in [7, 11) is -2.37. The lowest BCUT2D eigenvalue weighted by atomic mass is 9.85. The molecule has 28 heavy (non-hydrogen) atoms. The molecule has 6 heteroatoms. The number of carbonyl (C=O) groups is 1. The summed E-state index contributed by atoms with van der Waals surface area (Å²) >= 11 is 0. The van der Waals surface area contributed by atoms with Crippen LogP contribution in [-0.2, 0) is 19.0 Å². The Labute approximate surface area is 175 Å². The molecule has 0 aliphatic carbocycles. The first-order valence-electron chi connectivity index (χ1n) is 10.7. The van der Waals surface area contributed by atoms with Gasteiger partial charge < -0.3 is 14.2 Å². The van der Waals surface area contributed by atoms with E-state index in [1.165, 1.54) is 5.57 Å². The van der Waals surface area contributed by atoms with E-state index in [9.17, 15) is 4.79 Å². The maximum Gasteiger partial charge on any atom is 0.146 e. The summed E-state index contributed by atoms with van der Waals surface area (Å²) in [5, 5.41) is 0. The third kappa shape index (κ3) is 11.7. The molecule has 0 aromatic rings. The highest BCUT2D eigenvalue weighted by Crippen LogP contribution is 2.30. The Balaban J connectivity index is 2.58. The molecule has 0 radical (unpaired) electrons. The molecule has 0 N–H and O–H groups in total. The molecule has 1 saturated heterocycles. The molecule has 0 aromatic carbocycles. The van der Waals surface area contributed by atoms with E-state index < -0.39 is 16.1 Å².